The fourth-order valence-corrected chi connectivity index (χ4v) is 4.17. The van der Waals surface area contributed by atoms with Crippen molar-refractivity contribution in [1.82, 2.24) is 19.3 Å². The molecule has 11 heteroatoms. The first kappa shape index (κ1) is 24.3. The van der Waals surface area contributed by atoms with Crippen molar-refractivity contribution in [2.75, 3.05) is 18.9 Å². The molecule has 190 valence electrons. The number of halogens is 2. The molecule has 0 unspecified atom stereocenters. The average molecular weight is 507 g/mol. The first-order chi connectivity index (χ1) is 17.9. The normalized spacial score (nSPS) is 13.9. The van der Waals surface area contributed by atoms with E-state index in [9.17, 15) is 4.39 Å². The highest BCUT2D eigenvalue weighted by atomic mass is 19.1. The summed E-state index contributed by atoms with van der Waals surface area (Å²) in [5, 5.41) is 4.54. The second-order valence-corrected chi connectivity index (χ2v) is 8.64. The van der Waals surface area contributed by atoms with Crippen LogP contribution in [0.3, 0.4) is 0 Å². The molecule has 5 rings (SSSR count). The molecule has 4 aromatic rings. The van der Waals surface area contributed by atoms with Gasteiger partial charge in [-0.1, -0.05) is 6.07 Å². The van der Waals surface area contributed by atoms with Gasteiger partial charge in [0.25, 0.3) is 5.69 Å². The van der Waals surface area contributed by atoms with Crippen molar-refractivity contribution in [2.45, 2.75) is 25.5 Å². The maximum Gasteiger partial charge on any atom is 0.254 e. The predicted molar refractivity (Wildman–Crippen MR) is 131 cm³/mol. The van der Waals surface area contributed by atoms with Crippen LogP contribution < -0.4 is 15.2 Å². The van der Waals surface area contributed by atoms with Crippen LogP contribution in [0.15, 0.2) is 48.9 Å². The third kappa shape index (κ3) is 5.10. The highest BCUT2D eigenvalue weighted by Crippen LogP contribution is 2.39. The fourth-order valence-electron chi connectivity index (χ4n) is 4.17. The molecule has 0 amide bonds. The zero-order chi connectivity index (χ0) is 25.9. The largest absolute Gasteiger partial charge is 0.487 e. The van der Waals surface area contributed by atoms with Gasteiger partial charge in [-0.25, -0.2) is 18.6 Å². The van der Waals surface area contributed by atoms with Crippen LogP contribution in [0.1, 0.15) is 24.6 Å². The Kier molecular flexibility index (Phi) is 6.74. The standard InChI is InChI=1S/C26H24F2N6O3/c1-30-25-24(32-34(26(25)29)18-5-7-35-8-6-18)16-3-4-23(22(28)9-16)37-21-11-17(27)10-20(12-21)36-14-19-13-31-15-33(19)2/h3-4,9-13,15,18H,5-8,14,29H2,2H3. The van der Waals surface area contributed by atoms with Gasteiger partial charge >= 0.3 is 0 Å². The van der Waals surface area contributed by atoms with Gasteiger partial charge in [0, 0.05) is 38.5 Å². The summed E-state index contributed by atoms with van der Waals surface area (Å²) in [6.45, 7) is 8.92. The smallest absolute Gasteiger partial charge is 0.254 e. The van der Waals surface area contributed by atoms with Gasteiger partial charge in [0.1, 0.15) is 35.4 Å². The molecule has 0 bridgehead atoms. The zero-order valence-corrected chi connectivity index (χ0v) is 20.0. The molecule has 0 aliphatic carbocycles. The molecular formula is C26H24F2N6O3. The SMILES string of the molecule is [C-]#[N+]c1c(-c2ccc(Oc3cc(F)cc(OCc4cncn4C)c3)c(F)c2)nn(C2CCOCC2)c1N. The number of nitrogen functional groups attached to an aromatic ring is 1. The minimum atomic E-state index is -0.700. The molecule has 1 saturated heterocycles. The lowest BCUT2D eigenvalue weighted by Crippen LogP contribution is -2.21. The van der Waals surface area contributed by atoms with Crippen molar-refractivity contribution in [3.8, 4) is 28.5 Å². The molecule has 0 spiro atoms. The maximum absolute atomic E-state index is 15.1. The lowest BCUT2D eigenvalue weighted by molar-refractivity contribution is 0.0669. The minimum absolute atomic E-state index is 0.0118. The number of nitrogens with two attached hydrogens (primary N) is 1. The molecule has 0 atom stereocenters. The number of ether oxygens (including phenoxy) is 3. The second-order valence-electron chi connectivity index (χ2n) is 8.64. The Morgan fingerprint density at radius 3 is 2.65 bits per heavy atom. The van der Waals surface area contributed by atoms with Crippen molar-refractivity contribution >= 4 is 11.5 Å². The van der Waals surface area contributed by atoms with Crippen molar-refractivity contribution in [2.24, 2.45) is 7.05 Å². The number of hydrogen-bond donors (Lipinski definition) is 1. The Bertz CT molecular complexity index is 1470. The van der Waals surface area contributed by atoms with Gasteiger partial charge in [-0.05, 0) is 30.5 Å². The van der Waals surface area contributed by atoms with Gasteiger partial charge in [-0.3, -0.25) is 4.68 Å². The van der Waals surface area contributed by atoms with Crippen LogP contribution in [0, 0.1) is 18.2 Å². The number of aryl methyl sites for hydroxylation is 1. The summed E-state index contributed by atoms with van der Waals surface area (Å²) in [7, 11) is 1.82. The predicted octanol–water partition coefficient (Wildman–Crippen LogP) is 5.42. The number of nitrogens with zero attached hydrogens (tertiary/aromatic N) is 5. The van der Waals surface area contributed by atoms with Gasteiger partial charge in [-0.15, -0.1) is 0 Å². The Balaban J connectivity index is 1.37. The summed E-state index contributed by atoms with van der Waals surface area (Å²) < 4.78 is 49.4. The van der Waals surface area contributed by atoms with Crippen molar-refractivity contribution in [1.29, 1.82) is 0 Å². The summed E-state index contributed by atoms with van der Waals surface area (Å²) in [5.74, 6) is -0.866. The summed E-state index contributed by atoms with van der Waals surface area (Å²) in [6, 6.07) is 8.05. The Labute approximate surface area is 211 Å². The molecule has 37 heavy (non-hydrogen) atoms. The van der Waals surface area contributed by atoms with Crippen LogP contribution in [-0.2, 0) is 18.4 Å². The van der Waals surface area contributed by atoms with Crippen LogP contribution in [0.2, 0.25) is 0 Å². The van der Waals surface area contributed by atoms with E-state index in [1.165, 1.54) is 24.3 Å². The number of anilines is 1. The van der Waals surface area contributed by atoms with Crippen LogP contribution in [-0.4, -0.2) is 32.5 Å². The van der Waals surface area contributed by atoms with E-state index in [-0.39, 0.29) is 41.4 Å². The van der Waals surface area contributed by atoms with E-state index in [0.29, 0.717) is 24.5 Å². The van der Waals surface area contributed by atoms with Gasteiger partial charge in [0.15, 0.2) is 11.6 Å². The molecule has 9 nitrogen and oxygen atoms in total. The van der Waals surface area contributed by atoms with Crippen LogP contribution in [0.4, 0.5) is 20.3 Å². The van der Waals surface area contributed by atoms with Crippen molar-refractivity contribution in [3.05, 3.63) is 77.7 Å². The summed E-state index contributed by atoms with van der Waals surface area (Å²) in [6.07, 6.45) is 4.74. The van der Waals surface area contributed by atoms with E-state index in [4.69, 9.17) is 26.5 Å². The van der Waals surface area contributed by atoms with Gasteiger partial charge < -0.3 is 24.5 Å². The van der Waals surface area contributed by atoms with Crippen LogP contribution >= 0.6 is 0 Å². The first-order valence-electron chi connectivity index (χ1n) is 11.6. The molecule has 0 radical (unpaired) electrons. The third-order valence-corrected chi connectivity index (χ3v) is 6.15. The van der Waals surface area contributed by atoms with E-state index in [0.717, 1.165) is 24.6 Å². The number of aromatic nitrogens is 4. The fraction of sp³-hybridized carbons (Fsp3) is 0.269. The molecule has 0 saturated carbocycles. The molecule has 1 fully saturated rings. The molecule has 2 aromatic heterocycles. The number of rotatable bonds is 7. The summed E-state index contributed by atoms with van der Waals surface area (Å²) in [5.41, 5.74) is 7.86. The van der Waals surface area contributed by atoms with Crippen molar-refractivity contribution in [3.63, 3.8) is 0 Å². The topological polar surface area (TPSA) is 93.7 Å². The van der Waals surface area contributed by atoms with Crippen LogP contribution in [0.5, 0.6) is 17.2 Å². The van der Waals surface area contributed by atoms with Crippen LogP contribution in [0.25, 0.3) is 16.1 Å². The number of hydrogen-bond acceptors (Lipinski definition) is 6. The number of imidazole rings is 1. The Morgan fingerprint density at radius 2 is 1.95 bits per heavy atom. The molecular weight excluding hydrogens is 482 g/mol. The van der Waals surface area contributed by atoms with E-state index in [1.807, 2.05) is 7.05 Å². The summed E-state index contributed by atoms with van der Waals surface area (Å²) >= 11 is 0. The highest BCUT2D eigenvalue weighted by Gasteiger charge is 2.25. The monoisotopic (exact) mass is 506 g/mol. The van der Waals surface area contributed by atoms with E-state index < -0.39 is 11.6 Å². The second kappa shape index (κ2) is 10.3. The van der Waals surface area contributed by atoms with E-state index in [1.54, 1.807) is 27.8 Å². The van der Waals surface area contributed by atoms with E-state index in [2.05, 4.69) is 14.9 Å². The summed E-state index contributed by atoms with van der Waals surface area (Å²) in [4.78, 5) is 7.55. The lowest BCUT2D eigenvalue weighted by atomic mass is 10.1. The van der Waals surface area contributed by atoms with E-state index >= 15 is 4.39 Å². The van der Waals surface area contributed by atoms with Gasteiger partial charge in [0.2, 0.25) is 0 Å². The van der Waals surface area contributed by atoms with Gasteiger partial charge in [0.05, 0.1) is 30.8 Å². The molecule has 1 aliphatic heterocycles. The Hall–Kier alpha value is -4.43. The minimum Gasteiger partial charge on any atom is -0.487 e. The highest BCUT2D eigenvalue weighted by molar-refractivity contribution is 5.83. The Morgan fingerprint density at radius 1 is 1.16 bits per heavy atom. The third-order valence-electron chi connectivity index (χ3n) is 6.15. The average Bonchev–Trinajstić information content (AvgIpc) is 3.46. The van der Waals surface area contributed by atoms with Gasteiger partial charge in [-0.2, -0.15) is 5.10 Å². The molecule has 2 aromatic carbocycles. The molecule has 3 heterocycles. The first-order valence-corrected chi connectivity index (χ1v) is 11.6. The molecule has 2 N–H and O–H groups in total. The quantitative estimate of drug-likeness (QED) is 0.337. The lowest BCUT2D eigenvalue weighted by Gasteiger charge is -2.23. The van der Waals surface area contributed by atoms with Crippen molar-refractivity contribution < 1.29 is 23.0 Å². The zero-order valence-electron chi connectivity index (χ0n) is 20.0. The molecule has 1 aliphatic rings. The number of benzene rings is 2. The maximum atomic E-state index is 15.1.